The lowest BCUT2D eigenvalue weighted by molar-refractivity contribution is -0.139. The highest BCUT2D eigenvalue weighted by Crippen LogP contribution is 2.39. The molecule has 2 aromatic carbocycles. The smallest absolute Gasteiger partial charge is 0.367 e. The molecule has 220 valence electrons. The molecular formula is C29H30F4N8O. The quantitative estimate of drug-likeness (QED) is 0.323. The Labute approximate surface area is 239 Å². The van der Waals surface area contributed by atoms with Crippen LogP contribution in [0.2, 0.25) is 0 Å². The van der Waals surface area contributed by atoms with E-state index in [1.165, 1.54) is 10.7 Å². The van der Waals surface area contributed by atoms with Crippen LogP contribution in [0.1, 0.15) is 40.0 Å². The van der Waals surface area contributed by atoms with Gasteiger partial charge in [-0.15, -0.1) is 5.10 Å². The first-order chi connectivity index (χ1) is 20.0. The number of alkyl halides is 3. The normalized spacial score (nSPS) is 16.2. The molecule has 1 saturated carbocycles. The largest absolute Gasteiger partial charge is 0.419 e. The monoisotopic (exact) mass is 582 g/mol. The third kappa shape index (κ3) is 5.36. The van der Waals surface area contributed by atoms with Crippen LogP contribution < -0.4 is 10.2 Å². The Balaban J connectivity index is 1.27. The molecule has 6 rings (SSSR count). The lowest BCUT2D eigenvalue weighted by Crippen LogP contribution is -2.47. The molecule has 4 aromatic rings. The molecule has 1 amide bonds. The van der Waals surface area contributed by atoms with Crippen molar-refractivity contribution >= 4 is 17.3 Å². The van der Waals surface area contributed by atoms with E-state index in [1.54, 1.807) is 40.2 Å². The molecule has 13 heteroatoms. The Morgan fingerprint density at radius 2 is 1.76 bits per heavy atom. The first-order valence-electron chi connectivity index (χ1n) is 13.7. The molecular weight excluding hydrogens is 552 g/mol. The van der Waals surface area contributed by atoms with Gasteiger partial charge in [-0.1, -0.05) is 11.3 Å². The highest BCUT2D eigenvalue weighted by Gasteiger charge is 2.38. The molecule has 0 atom stereocenters. The van der Waals surface area contributed by atoms with Gasteiger partial charge >= 0.3 is 6.18 Å². The van der Waals surface area contributed by atoms with Gasteiger partial charge in [-0.2, -0.15) is 18.3 Å². The van der Waals surface area contributed by atoms with Crippen LogP contribution in [-0.2, 0) is 13.2 Å². The average Bonchev–Trinajstić information content (AvgIpc) is 3.61. The average molecular weight is 583 g/mol. The Bertz CT molecular complexity index is 1650. The van der Waals surface area contributed by atoms with Crippen molar-refractivity contribution < 1.29 is 22.4 Å². The molecule has 42 heavy (non-hydrogen) atoms. The summed E-state index contributed by atoms with van der Waals surface area (Å²) in [7, 11) is 1.83. The lowest BCUT2D eigenvalue weighted by atomic mass is 10.1. The van der Waals surface area contributed by atoms with E-state index in [1.807, 2.05) is 20.9 Å². The van der Waals surface area contributed by atoms with Gasteiger partial charge in [0, 0.05) is 61.8 Å². The van der Waals surface area contributed by atoms with Crippen molar-refractivity contribution in [2.24, 2.45) is 7.05 Å². The number of aromatic nitrogens is 5. The summed E-state index contributed by atoms with van der Waals surface area (Å²) < 4.78 is 60.0. The molecule has 2 aliphatic rings. The van der Waals surface area contributed by atoms with Crippen LogP contribution in [0.25, 0.3) is 16.9 Å². The van der Waals surface area contributed by atoms with E-state index in [9.17, 15) is 18.0 Å². The first-order valence-corrected chi connectivity index (χ1v) is 13.7. The Morgan fingerprint density at radius 3 is 2.40 bits per heavy atom. The van der Waals surface area contributed by atoms with Gasteiger partial charge in [-0.3, -0.25) is 14.4 Å². The van der Waals surface area contributed by atoms with Crippen LogP contribution in [0.15, 0.2) is 42.7 Å². The number of aryl methyl sites for hydroxylation is 2. The number of piperazine rings is 1. The van der Waals surface area contributed by atoms with Gasteiger partial charge in [0.15, 0.2) is 5.82 Å². The summed E-state index contributed by atoms with van der Waals surface area (Å²) in [5, 5.41) is 15.2. The number of amides is 1. The molecule has 3 heterocycles. The van der Waals surface area contributed by atoms with E-state index < -0.39 is 23.5 Å². The maximum atomic E-state index is 15.2. The fraction of sp³-hybridized carbons (Fsp3) is 0.379. The number of carbonyl (C=O) groups is 1. The van der Waals surface area contributed by atoms with Crippen LogP contribution in [0.4, 0.5) is 28.9 Å². The number of rotatable bonds is 6. The number of nitrogens with one attached hydrogen (secondary N) is 1. The van der Waals surface area contributed by atoms with Crippen molar-refractivity contribution in [2.45, 2.75) is 38.9 Å². The number of nitrogens with zero attached hydrogens (tertiary/aromatic N) is 7. The number of carbonyl (C=O) groups excluding carboxylic acids is 1. The summed E-state index contributed by atoms with van der Waals surface area (Å²) in [6.45, 7) is 5.87. The Kier molecular flexibility index (Phi) is 7.00. The third-order valence-corrected chi connectivity index (χ3v) is 8.06. The fourth-order valence-corrected chi connectivity index (χ4v) is 5.34. The van der Waals surface area contributed by atoms with Crippen LogP contribution in [0.3, 0.4) is 0 Å². The Morgan fingerprint density at radius 1 is 1.02 bits per heavy atom. The maximum absolute atomic E-state index is 15.2. The third-order valence-electron chi connectivity index (χ3n) is 8.06. The molecule has 1 saturated heterocycles. The zero-order chi connectivity index (χ0) is 29.8. The minimum Gasteiger partial charge on any atom is -0.367 e. The van der Waals surface area contributed by atoms with Gasteiger partial charge in [0.25, 0.3) is 5.91 Å². The summed E-state index contributed by atoms with van der Waals surface area (Å²) in [6, 6.07) is 7.33. The second kappa shape index (κ2) is 10.5. The van der Waals surface area contributed by atoms with E-state index in [0.29, 0.717) is 49.7 Å². The number of hydrogen-bond donors (Lipinski definition) is 1. The van der Waals surface area contributed by atoms with Crippen molar-refractivity contribution in [3.05, 3.63) is 70.9 Å². The van der Waals surface area contributed by atoms with E-state index in [0.717, 1.165) is 29.7 Å². The summed E-state index contributed by atoms with van der Waals surface area (Å²) in [4.78, 5) is 17.2. The maximum Gasteiger partial charge on any atom is 0.419 e. The van der Waals surface area contributed by atoms with E-state index >= 15 is 4.39 Å². The zero-order valence-corrected chi connectivity index (χ0v) is 23.4. The van der Waals surface area contributed by atoms with Crippen LogP contribution in [0, 0.1) is 19.7 Å². The van der Waals surface area contributed by atoms with Crippen molar-refractivity contribution in [1.29, 1.82) is 0 Å². The highest BCUT2D eigenvalue weighted by atomic mass is 19.4. The van der Waals surface area contributed by atoms with Crippen LogP contribution in [-0.4, -0.2) is 67.8 Å². The number of hydrogen-bond acceptors (Lipinski definition) is 6. The van der Waals surface area contributed by atoms with E-state index in [2.05, 4.69) is 25.6 Å². The second-order valence-corrected chi connectivity index (χ2v) is 10.9. The van der Waals surface area contributed by atoms with Gasteiger partial charge in [-0.25, -0.2) is 9.07 Å². The molecule has 2 aromatic heterocycles. The molecule has 0 radical (unpaired) electrons. The molecule has 1 aliphatic heterocycles. The Hall–Kier alpha value is -4.26. The molecule has 2 fully saturated rings. The van der Waals surface area contributed by atoms with Crippen molar-refractivity contribution in [1.82, 2.24) is 29.7 Å². The van der Waals surface area contributed by atoms with Gasteiger partial charge in [0.2, 0.25) is 0 Å². The molecule has 0 unspecified atom stereocenters. The second-order valence-electron chi connectivity index (χ2n) is 10.9. The topological polar surface area (TPSA) is 84.1 Å². The predicted octanol–water partition coefficient (Wildman–Crippen LogP) is 4.98. The van der Waals surface area contributed by atoms with Gasteiger partial charge < -0.3 is 10.2 Å². The van der Waals surface area contributed by atoms with Gasteiger partial charge in [0.05, 0.1) is 29.3 Å². The molecule has 0 bridgehead atoms. The number of benzene rings is 2. The SMILES string of the molecule is Cc1ccc(C(=O)Nc2cc(N3CCN(C4CC4)CC3)c(F)c(C(F)(F)F)c2)cc1-n1cc(-c2cnn(C)c2C)nn1. The predicted molar refractivity (Wildman–Crippen MR) is 149 cm³/mol. The summed E-state index contributed by atoms with van der Waals surface area (Å²) in [6.07, 6.45) is 0.733. The zero-order valence-electron chi connectivity index (χ0n) is 23.4. The number of anilines is 2. The molecule has 0 spiro atoms. The fourth-order valence-electron chi connectivity index (χ4n) is 5.34. The van der Waals surface area contributed by atoms with E-state index in [4.69, 9.17) is 0 Å². The van der Waals surface area contributed by atoms with Gasteiger partial charge in [-0.05, 0) is 56.5 Å². The molecule has 1 N–H and O–H groups in total. The summed E-state index contributed by atoms with van der Waals surface area (Å²) in [5.74, 6) is -1.97. The lowest BCUT2D eigenvalue weighted by Gasteiger charge is -2.36. The van der Waals surface area contributed by atoms with Crippen molar-refractivity contribution in [2.75, 3.05) is 36.4 Å². The van der Waals surface area contributed by atoms with Crippen LogP contribution in [0.5, 0.6) is 0 Å². The highest BCUT2D eigenvalue weighted by molar-refractivity contribution is 6.05. The van der Waals surface area contributed by atoms with E-state index in [-0.39, 0.29) is 16.9 Å². The standard InChI is InChI=1S/C29H30F4N8O/c1-17-4-5-19(12-25(17)41-16-24(36-37-41)22-15-34-38(3)18(22)2)28(42)35-20-13-23(29(31,32)33)27(30)26(14-20)40-10-8-39(9-11-40)21-6-7-21/h4-5,12-16,21H,6-11H2,1-3H3,(H,35,42). The number of halogens is 4. The van der Waals surface area contributed by atoms with Gasteiger partial charge in [0.1, 0.15) is 5.69 Å². The van der Waals surface area contributed by atoms with Crippen molar-refractivity contribution in [3.63, 3.8) is 0 Å². The minimum absolute atomic E-state index is 0.134. The molecule has 1 aliphatic carbocycles. The first kappa shape index (κ1) is 27.9. The summed E-state index contributed by atoms with van der Waals surface area (Å²) in [5.41, 5.74) is 2.20. The van der Waals surface area contributed by atoms with Crippen LogP contribution >= 0.6 is 0 Å². The van der Waals surface area contributed by atoms with Crippen molar-refractivity contribution in [3.8, 4) is 16.9 Å². The summed E-state index contributed by atoms with van der Waals surface area (Å²) >= 11 is 0. The minimum atomic E-state index is -4.93. The molecule has 9 nitrogen and oxygen atoms in total.